The highest BCUT2D eigenvalue weighted by Gasteiger charge is 2.36. The number of rotatable bonds is 7. The molecular formula is C20H23N3O5S. The molecule has 2 aromatic carbocycles. The summed E-state index contributed by atoms with van der Waals surface area (Å²) in [6.45, 7) is 0.610. The van der Waals surface area contributed by atoms with Gasteiger partial charge < -0.3 is 15.4 Å². The van der Waals surface area contributed by atoms with E-state index in [1.807, 2.05) is 30.3 Å². The lowest BCUT2D eigenvalue weighted by molar-refractivity contribution is -0.139. The fraction of sp³-hybridized carbons (Fsp3) is 0.300. The van der Waals surface area contributed by atoms with E-state index in [1.165, 1.54) is 16.4 Å². The van der Waals surface area contributed by atoms with Crippen LogP contribution in [0, 0.1) is 0 Å². The Hall–Kier alpha value is -2.75. The number of nitrogens with zero attached hydrogens (tertiary/aromatic N) is 1. The van der Waals surface area contributed by atoms with Crippen LogP contribution in [0.3, 0.4) is 0 Å². The first-order valence-corrected chi connectivity index (χ1v) is 10.7. The Kier molecular flexibility index (Phi) is 6.97. The zero-order chi connectivity index (χ0) is 20.7. The van der Waals surface area contributed by atoms with Crippen LogP contribution in [0.2, 0.25) is 0 Å². The third-order valence-electron chi connectivity index (χ3n) is 4.48. The summed E-state index contributed by atoms with van der Waals surface area (Å²) in [6.07, 6.45) is -0.254. The highest BCUT2D eigenvalue weighted by atomic mass is 32.2. The molecule has 1 heterocycles. The topological polar surface area (TPSA) is 105 Å². The van der Waals surface area contributed by atoms with Crippen molar-refractivity contribution in [3.63, 3.8) is 0 Å². The van der Waals surface area contributed by atoms with Crippen molar-refractivity contribution >= 4 is 21.8 Å². The number of amides is 2. The van der Waals surface area contributed by atoms with Gasteiger partial charge in [-0.2, -0.15) is 4.31 Å². The second-order valence-electron chi connectivity index (χ2n) is 6.46. The van der Waals surface area contributed by atoms with Crippen molar-refractivity contribution < 1.29 is 22.7 Å². The zero-order valence-electron chi connectivity index (χ0n) is 15.8. The third-order valence-corrected chi connectivity index (χ3v) is 6.38. The molecule has 2 aromatic rings. The van der Waals surface area contributed by atoms with Crippen LogP contribution in [0.15, 0.2) is 65.6 Å². The van der Waals surface area contributed by atoms with Crippen LogP contribution in [-0.2, 0) is 30.8 Å². The molecule has 1 atom stereocenters. The van der Waals surface area contributed by atoms with Gasteiger partial charge >= 0.3 is 11.8 Å². The van der Waals surface area contributed by atoms with Crippen molar-refractivity contribution in [1.29, 1.82) is 0 Å². The van der Waals surface area contributed by atoms with Gasteiger partial charge in [0.2, 0.25) is 10.0 Å². The van der Waals surface area contributed by atoms with Crippen molar-refractivity contribution in [1.82, 2.24) is 14.9 Å². The summed E-state index contributed by atoms with van der Waals surface area (Å²) in [5.74, 6) is -1.60. The highest BCUT2D eigenvalue weighted by molar-refractivity contribution is 7.89. The van der Waals surface area contributed by atoms with Crippen LogP contribution in [0.1, 0.15) is 5.56 Å². The van der Waals surface area contributed by atoms with Crippen LogP contribution in [0.25, 0.3) is 0 Å². The van der Waals surface area contributed by atoms with E-state index in [0.717, 1.165) is 5.56 Å². The highest BCUT2D eigenvalue weighted by Crippen LogP contribution is 2.21. The smallest absolute Gasteiger partial charge is 0.309 e. The van der Waals surface area contributed by atoms with Crippen LogP contribution in [0.4, 0.5) is 0 Å². The summed E-state index contributed by atoms with van der Waals surface area (Å²) in [6, 6.07) is 17.6. The Labute approximate surface area is 169 Å². The van der Waals surface area contributed by atoms with Gasteiger partial charge in [0.1, 0.15) is 6.23 Å². The standard InChI is InChI=1S/C20H23N3O5S/c24-19(21-12-11-16-7-3-1-4-8-16)20(25)22-15-18-23(13-14-28-18)29(26,27)17-9-5-2-6-10-17/h1-10,18H,11-15H2,(H,21,24)(H,22,25)/t18-/m1/s1. The van der Waals surface area contributed by atoms with Gasteiger partial charge in [0.15, 0.2) is 0 Å². The fourth-order valence-electron chi connectivity index (χ4n) is 2.98. The average molecular weight is 417 g/mol. The number of benzene rings is 2. The van der Waals surface area contributed by atoms with Crippen LogP contribution in [0.5, 0.6) is 0 Å². The lowest BCUT2D eigenvalue weighted by Crippen LogP contribution is -2.47. The van der Waals surface area contributed by atoms with Crippen LogP contribution >= 0.6 is 0 Å². The summed E-state index contributed by atoms with van der Waals surface area (Å²) in [5.41, 5.74) is 1.05. The van der Waals surface area contributed by atoms with E-state index < -0.39 is 28.1 Å². The maximum Gasteiger partial charge on any atom is 0.309 e. The molecule has 154 valence electrons. The Morgan fingerprint density at radius 3 is 2.28 bits per heavy atom. The SMILES string of the molecule is O=C(NCCc1ccccc1)C(=O)NC[C@H]1OCCN1S(=O)(=O)c1ccccc1. The Morgan fingerprint density at radius 1 is 0.966 bits per heavy atom. The van der Waals surface area contributed by atoms with Crippen molar-refractivity contribution in [2.75, 3.05) is 26.2 Å². The quantitative estimate of drug-likeness (QED) is 0.639. The van der Waals surface area contributed by atoms with E-state index in [-0.39, 0.29) is 24.6 Å². The molecule has 0 aromatic heterocycles. The molecule has 1 saturated heterocycles. The second-order valence-corrected chi connectivity index (χ2v) is 8.35. The predicted octanol–water partition coefficient (Wildman–Crippen LogP) is 0.509. The molecule has 8 nitrogen and oxygen atoms in total. The van der Waals surface area contributed by atoms with E-state index in [9.17, 15) is 18.0 Å². The van der Waals surface area contributed by atoms with E-state index >= 15 is 0 Å². The van der Waals surface area contributed by atoms with Gasteiger partial charge in [-0.1, -0.05) is 48.5 Å². The molecule has 0 unspecified atom stereocenters. The van der Waals surface area contributed by atoms with E-state index in [4.69, 9.17) is 4.74 Å². The van der Waals surface area contributed by atoms with Crippen molar-refractivity contribution in [2.45, 2.75) is 17.5 Å². The minimum Gasteiger partial charge on any atom is -0.359 e. The lowest BCUT2D eigenvalue weighted by atomic mass is 10.1. The van der Waals surface area contributed by atoms with Crippen molar-refractivity contribution in [3.05, 3.63) is 66.2 Å². The van der Waals surface area contributed by atoms with Gasteiger partial charge in [0.05, 0.1) is 18.0 Å². The van der Waals surface area contributed by atoms with E-state index in [2.05, 4.69) is 10.6 Å². The van der Waals surface area contributed by atoms with Gasteiger partial charge in [0, 0.05) is 13.1 Å². The minimum absolute atomic E-state index is 0.114. The van der Waals surface area contributed by atoms with E-state index in [0.29, 0.717) is 13.0 Å². The van der Waals surface area contributed by atoms with Crippen LogP contribution < -0.4 is 10.6 Å². The average Bonchev–Trinajstić information content (AvgIpc) is 3.23. The molecule has 1 aliphatic heterocycles. The molecule has 0 saturated carbocycles. The molecule has 29 heavy (non-hydrogen) atoms. The zero-order valence-corrected chi connectivity index (χ0v) is 16.6. The summed E-state index contributed by atoms with van der Waals surface area (Å²) >= 11 is 0. The lowest BCUT2D eigenvalue weighted by Gasteiger charge is -2.22. The first-order valence-electron chi connectivity index (χ1n) is 9.27. The first kappa shape index (κ1) is 21.0. The summed E-state index contributed by atoms with van der Waals surface area (Å²) in [4.78, 5) is 24.1. The molecule has 1 aliphatic rings. The third kappa shape index (κ3) is 5.41. The predicted molar refractivity (Wildman–Crippen MR) is 106 cm³/mol. The number of carbonyl (C=O) groups is 2. The molecule has 3 rings (SSSR count). The number of hydrogen-bond acceptors (Lipinski definition) is 5. The summed E-state index contributed by atoms with van der Waals surface area (Å²) in [5, 5.41) is 4.99. The Morgan fingerprint density at radius 2 is 1.59 bits per heavy atom. The molecule has 0 radical (unpaired) electrons. The molecule has 2 N–H and O–H groups in total. The minimum atomic E-state index is -3.74. The Balaban J connectivity index is 1.49. The number of carbonyl (C=O) groups excluding carboxylic acids is 2. The monoisotopic (exact) mass is 417 g/mol. The van der Waals surface area contributed by atoms with Crippen molar-refractivity contribution in [3.8, 4) is 0 Å². The molecule has 0 spiro atoms. The second kappa shape index (κ2) is 9.64. The normalized spacial score (nSPS) is 17.0. The molecule has 0 bridgehead atoms. The van der Waals surface area contributed by atoms with Gasteiger partial charge in [-0.15, -0.1) is 0 Å². The molecular weight excluding hydrogens is 394 g/mol. The molecule has 1 fully saturated rings. The van der Waals surface area contributed by atoms with E-state index in [1.54, 1.807) is 18.2 Å². The molecule has 2 amide bonds. The number of sulfonamides is 1. The van der Waals surface area contributed by atoms with Gasteiger partial charge in [-0.25, -0.2) is 8.42 Å². The molecule has 0 aliphatic carbocycles. The van der Waals surface area contributed by atoms with Gasteiger partial charge in [-0.3, -0.25) is 9.59 Å². The van der Waals surface area contributed by atoms with Gasteiger partial charge in [-0.05, 0) is 24.1 Å². The maximum atomic E-state index is 12.8. The van der Waals surface area contributed by atoms with Gasteiger partial charge in [0.25, 0.3) is 0 Å². The number of hydrogen-bond donors (Lipinski definition) is 2. The fourth-order valence-corrected chi connectivity index (χ4v) is 4.51. The van der Waals surface area contributed by atoms with Crippen LogP contribution in [-0.4, -0.2) is 57.0 Å². The Bertz CT molecular complexity index is 935. The number of ether oxygens (including phenoxy) is 1. The number of nitrogens with one attached hydrogen (secondary N) is 2. The molecule has 9 heteroatoms. The maximum absolute atomic E-state index is 12.8. The largest absolute Gasteiger partial charge is 0.359 e. The summed E-state index contributed by atoms with van der Waals surface area (Å²) in [7, 11) is -3.74. The van der Waals surface area contributed by atoms with Crippen molar-refractivity contribution in [2.24, 2.45) is 0 Å². The first-order chi connectivity index (χ1) is 14.0. The summed E-state index contributed by atoms with van der Waals surface area (Å²) < 4.78 is 32.1.